The van der Waals surface area contributed by atoms with E-state index in [1.54, 1.807) is 28.7 Å². The van der Waals surface area contributed by atoms with Gasteiger partial charge in [0.15, 0.2) is 0 Å². The van der Waals surface area contributed by atoms with Crippen LogP contribution in [0.15, 0.2) is 93.8 Å². The SMILES string of the molecule is Cc1ccc(S(=O)(=O)Oc2ccc(S(=O)(=O)c3c4ccccn4c[14c]3C(C)C)cc2)cc1. The molecule has 0 fully saturated rings. The van der Waals surface area contributed by atoms with Gasteiger partial charge in [-0.2, -0.15) is 8.42 Å². The van der Waals surface area contributed by atoms with Gasteiger partial charge in [-0.3, -0.25) is 0 Å². The van der Waals surface area contributed by atoms with Crippen LogP contribution in [0, 0.1) is 6.92 Å². The summed E-state index contributed by atoms with van der Waals surface area (Å²) in [6.07, 6.45) is 3.64. The van der Waals surface area contributed by atoms with Crippen LogP contribution < -0.4 is 4.18 Å². The number of sulfone groups is 1. The van der Waals surface area contributed by atoms with Gasteiger partial charge in [0.1, 0.15) is 15.5 Å². The average Bonchev–Trinajstić information content (AvgIpc) is 3.15. The number of pyridine rings is 1. The Kier molecular flexibility index (Phi) is 5.60. The molecule has 4 rings (SSSR count). The lowest BCUT2D eigenvalue weighted by molar-refractivity contribution is 0.486. The second-order valence-electron chi connectivity index (χ2n) is 7.89. The molecule has 166 valence electrons. The maximum Gasteiger partial charge on any atom is 0.339 e. The Labute approximate surface area is 188 Å². The van der Waals surface area contributed by atoms with Gasteiger partial charge in [-0.25, -0.2) is 8.42 Å². The van der Waals surface area contributed by atoms with Crippen molar-refractivity contribution >= 4 is 25.5 Å². The van der Waals surface area contributed by atoms with Gasteiger partial charge in [0.25, 0.3) is 0 Å². The molecule has 0 radical (unpaired) electrons. The molecule has 0 spiro atoms. The van der Waals surface area contributed by atoms with Crippen molar-refractivity contribution in [3.63, 3.8) is 0 Å². The monoisotopic (exact) mass is 471 g/mol. The molecular formula is C24H23NO5S2. The standard InChI is InChI=1S/C24H23NO5S2/c1-17(2)22-16-25-15-5-4-6-23(25)24(22)31(26,27)20-13-9-19(10-14-20)30-32(28,29)21-11-7-18(3)8-12-21/h4-17H,1-3H3/i22+2. The van der Waals surface area contributed by atoms with Crippen LogP contribution in [0.1, 0.15) is 30.9 Å². The summed E-state index contributed by atoms with van der Waals surface area (Å²) in [4.78, 5) is 0.354. The van der Waals surface area contributed by atoms with Gasteiger partial charge in [0.2, 0.25) is 9.84 Å². The number of hydrogen-bond acceptors (Lipinski definition) is 5. The Hall–Kier alpha value is -3.10. The summed E-state index contributed by atoms with van der Waals surface area (Å²) in [5.41, 5.74) is 2.24. The van der Waals surface area contributed by atoms with E-state index in [0.29, 0.717) is 5.52 Å². The van der Waals surface area contributed by atoms with Crippen molar-refractivity contribution in [2.24, 2.45) is 0 Å². The maximum atomic E-state index is 13.5. The first-order valence-corrected chi connectivity index (χ1v) is 12.9. The highest BCUT2D eigenvalue weighted by molar-refractivity contribution is 7.91. The number of fused-ring (bicyclic) bond motifs is 1. The van der Waals surface area contributed by atoms with E-state index in [9.17, 15) is 16.8 Å². The van der Waals surface area contributed by atoms with Crippen LogP contribution in [0.25, 0.3) is 5.52 Å². The van der Waals surface area contributed by atoms with E-state index in [1.165, 1.54) is 36.4 Å². The van der Waals surface area contributed by atoms with E-state index in [4.69, 9.17) is 4.18 Å². The normalized spacial score (nSPS) is 12.4. The molecule has 0 aliphatic carbocycles. The van der Waals surface area contributed by atoms with Crippen LogP contribution in [0.4, 0.5) is 0 Å². The Morgan fingerprint density at radius 1 is 0.844 bits per heavy atom. The van der Waals surface area contributed by atoms with Crippen LogP contribution in [0.2, 0.25) is 0 Å². The first kappa shape index (κ1) is 22.1. The molecule has 4 aromatic rings. The van der Waals surface area contributed by atoms with E-state index >= 15 is 0 Å². The molecule has 0 atom stereocenters. The van der Waals surface area contributed by atoms with E-state index in [1.807, 2.05) is 39.2 Å². The summed E-state index contributed by atoms with van der Waals surface area (Å²) < 4.78 is 59.0. The van der Waals surface area contributed by atoms with Gasteiger partial charge in [-0.1, -0.05) is 37.6 Å². The largest absolute Gasteiger partial charge is 0.379 e. The molecule has 0 aliphatic heterocycles. The summed E-state index contributed by atoms with van der Waals surface area (Å²) in [7, 11) is -7.86. The van der Waals surface area contributed by atoms with Crippen molar-refractivity contribution in [2.45, 2.75) is 41.4 Å². The molecule has 2 heterocycles. The molecule has 0 saturated carbocycles. The third-order valence-corrected chi connectivity index (χ3v) is 8.34. The topological polar surface area (TPSA) is 81.9 Å². The van der Waals surface area contributed by atoms with Crippen molar-refractivity contribution in [3.05, 3.63) is 90.3 Å². The molecule has 0 bridgehead atoms. The minimum Gasteiger partial charge on any atom is -0.379 e. The predicted octanol–water partition coefficient (Wildman–Crippen LogP) is 4.97. The highest BCUT2D eigenvalue weighted by Gasteiger charge is 2.27. The van der Waals surface area contributed by atoms with Crippen molar-refractivity contribution < 1.29 is 21.0 Å². The molecule has 2 aromatic heterocycles. The van der Waals surface area contributed by atoms with Crippen LogP contribution >= 0.6 is 0 Å². The van der Waals surface area contributed by atoms with Crippen molar-refractivity contribution in [1.82, 2.24) is 4.40 Å². The molecule has 2 aromatic carbocycles. The Bertz CT molecular complexity index is 1480. The fraction of sp³-hybridized carbons (Fsp3) is 0.167. The minimum absolute atomic E-state index is 0.00179. The zero-order valence-corrected chi connectivity index (χ0v) is 19.5. The Morgan fingerprint density at radius 3 is 2.09 bits per heavy atom. The van der Waals surface area contributed by atoms with Crippen LogP contribution in [-0.4, -0.2) is 21.2 Å². The number of aromatic nitrogens is 1. The van der Waals surface area contributed by atoms with Crippen LogP contribution in [0.3, 0.4) is 0 Å². The minimum atomic E-state index is -4.02. The van der Waals surface area contributed by atoms with Gasteiger partial charge in [-0.15, -0.1) is 0 Å². The second kappa shape index (κ2) is 8.11. The van der Waals surface area contributed by atoms with E-state index in [2.05, 4.69) is 0 Å². The van der Waals surface area contributed by atoms with Gasteiger partial charge >= 0.3 is 10.1 Å². The highest BCUT2D eigenvalue weighted by atomic mass is 32.2. The average molecular weight is 472 g/mol. The zero-order chi connectivity index (χ0) is 23.1. The van der Waals surface area contributed by atoms with E-state index in [-0.39, 0.29) is 26.4 Å². The van der Waals surface area contributed by atoms with E-state index in [0.717, 1.165) is 11.1 Å². The third-order valence-electron chi connectivity index (χ3n) is 5.20. The fourth-order valence-electron chi connectivity index (χ4n) is 3.49. The fourth-order valence-corrected chi connectivity index (χ4v) is 6.20. The predicted molar refractivity (Wildman–Crippen MR) is 122 cm³/mol. The number of hydrogen-bond donors (Lipinski definition) is 0. The number of rotatable bonds is 6. The van der Waals surface area contributed by atoms with Gasteiger partial charge in [-0.05, 0) is 66.9 Å². The van der Waals surface area contributed by atoms with Crippen LogP contribution in [-0.2, 0) is 20.0 Å². The zero-order valence-electron chi connectivity index (χ0n) is 17.9. The Balaban J connectivity index is 1.70. The lowest BCUT2D eigenvalue weighted by Gasteiger charge is -2.11. The molecule has 0 aliphatic rings. The lowest BCUT2D eigenvalue weighted by Crippen LogP contribution is -2.10. The summed E-state index contributed by atoms with van der Waals surface area (Å²) in [6, 6.07) is 17.1. The molecule has 8 heteroatoms. The Morgan fingerprint density at radius 2 is 1.47 bits per heavy atom. The summed E-state index contributed by atoms with van der Waals surface area (Å²) in [5, 5.41) is 0. The smallest absolute Gasteiger partial charge is 0.339 e. The van der Waals surface area contributed by atoms with Gasteiger partial charge in [0, 0.05) is 12.4 Å². The van der Waals surface area contributed by atoms with Gasteiger partial charge < -0.3 is 8.58 Å². The summed E-state index contributed by atoms with van der Waals surface area (Å²) in [6.45, 7) is 5.75. The quantitative estimate of drug-likeness (QED) is 0.371. The molecular weight excluding hydrogens is 448 g/mol. The van der Waals surface area contributed by atoms with Crippen LogP contribution in [0.5, 0.6) is 5.75 Å². The van der Waals surface area contributed by atoms with E-state index < -0.39 is 20.0 Å². The molecule has 6 nitrogen and oxygen atoms in total. The molecule has 0 amide bonds. The lowest BCUT2D eigenvalue weighted by atomic mass is 10.2. The van der Waals surface area contributed by atoms with Crippen molar-refractivity contribution in [3.8, 4) is 5.75 Å². The first-order valence-electron chi connectivity index (χ1n) is 10.1. The first-order chi connectivity index (χ1) is 15.1. The maximum absolute atomic E-state index is 13.5. The molecule has 0 unspecified atom stereocenters. The number of benzene rings is 2. The third kappa shape index (κ3) is 4.03. The van der Waals surface area contributed by atoms with Crippen molar-refractivity contribution in [2.75, 3.05) is 0 Å². The molecule has 0 N–H and O–H groups in total. The van der Waals surface area contributed by atoms with Crippen molar-refractivity contribution in [1.29, 1.82) is 0 Å². The molecule has 32 heavy (non-hydrogen) atoms. The summed E-state index contributed by atoms with van der Waals surface area (Å²) in [5.74, 6) is 0.0391. The highest BCUT2D eigenvalue weighted by Crippen LogP contribution is 2.34. The number of nitrogens with zero attached hydrogens (tertiary/aromatic N) is 1. The van der Waals surface area contributed by atoms with Gasteiger partial charge in [0.05, 0.1) is 10.4 Å². The molecule has 0 saturated heterocycles. The second-order valence-corrected chi connectivity index (χ2v) is 11.3. The summed E-state index contributed by atoms with van der Waals surface area (Å²) >= 11 is 0. The number of aryl methyl sites for hydroxylation is 1.